The van der Waals surface area contributed by atoms with Crippen molar-refractivity contribution in [2.24, 2.45) is 0 Å². The van der Waals surface area contributed by atoms with Gasteiger partial charge in [-0.1, -0.05) is 11.6 Å². The molecule has 0 bridgehead atoms. The highest BCUT2D eigenvalue weighted by molar-refractivity contribution is 7.11. The van der Waals surface area contributed by atoms with Crippen molar-refractivity contribution >= 4 is 34.4 Å². The van der Waals surface area contributed by atoms with Crippen LogP contribution in [0.3, 0.4) is 0 Å². The van der Waals surface area contributed by atoms with Crippen molar-refractivity contribution in [3.05, 3.63) is 33.4 Å². The van der Waals surface area contributed by atoms with Crippen LogP contribution >= 0.6 is 22.9 Å². The Morgan fingerprint density at radius 3 is 2.76 bits per heavy atom. The summed E-state index contributed by atoms with van der Waals surface area (Å²) in [5.41, 5.74) is 6.14. The summed E-state index contributed by atoms with van der Waals surface area (Å²) in [6.07, 6.45) is 3.43. The first kappa shape index (κ1) is 12.1. The van der Waals surface area contributed by atoms with Gasteiger partial charge in [0.25, 0.3) is 0 Å². The molecule has 2 aromatic rings. The van der Waals surface area contributed by atoms with Crippen molar-refractivity contribution < 1.29 is 0 Å². The summed E-state index contributed by atoms with van der Waals surface area (Å²) < 4.78 is 0. The Labute approximate surface area is 109 Å². The fraction of sp³-hybridized carbons (Fsp3) is 0.273. The number of nitrogens with zero attached hydrogens (tertiary/aromatic N) is 2. The van der Waals surface area contributed by atoms with Gasteiger partial charge in [0, 0.05) is 11.1 Å². The molecule has 4 nitrogen and oxygen atoms in total. The number of aryl methyl sites for hydroxylation is 1. The highest BCUT2D eigenvalue weighted by Gasteiger charge is 2.11. The lowest BCUT2D eigenvalue weighted by Crippen LogP contribution is -2.08. The Balaban J connectivity index is 2.15. The standard InChI is InChI=1S/C11H13ClN4S/c1-6-4-15-11(17-6)7(2)16-10-9(12)3-8(13)5-14-10/h3-5,7H,13H2,1-2H3,(H,14,16). The SMILES string of the molecule is Cc1cnc(C(C)Nc2ncc(N)cc2Cl)s1. The van der Waals surface area contributed by atoms with Crippen LogP contribution in [0.5, 0.6) is 0 Å². The molecule has 2 rings (SSSR count). The molecular weight excluding hydrogens is 256 g/mol. The number of rotatable bonds is 3. The van der Waals surface area contributed by atoms with Crippen LogP contribution in [0.2, 0.25) is 5.02 Å². The normalized spacial score (nSPS) is 12.4. The topological polar surface area (TPSA) is 63.8 Å². The van der Waals surface area contributed by atoms with Gasteiger partial charge in [0.15, 0.2) is 0 Å². The van der Waals surface area contributed by atoms with Gasteiger partial charge in [-0.05, 0) is 19.9 Å². The van der Waals surface area contributed by atoms with Crippen LogP contribution in [0.25, 0.3) is 0 Å². The number of pyridine rings is 1. The molecule has 2 aromatic heterocycles. The predicted octanol–water partition coefficient (Wildman–Crippen LogP) is 3.26. The zero-order valence-electron chi connectivity index (χ0n) is 9.57. The van der Waals surface area contributed by atoms with Crippen LogP contribution < -0.4 is 11.1 Å². The molecule has 0 fully saturated rings. The molecular formula is C11H13ClN4S. The number of nitrogen functional groups attached to an aromatic ring is 1. The molecule has 0 aliphatic rings. The molecule has 0 saturated carbocycles. The van der Waals surface area contributed by atoms with Gasteiger partial charge in [-0.3, -0.25) is 0 Å². The second-order valence-electron chi connectivity index (χ2n) is 3.77. The molecule has 0 radical (unpaired) electrons. The van der Waals surface area contributed by atoms with Crippen molar-refractivity contribution in [2.75, 3.05) is 11.1 Å². The third-order valence-corrected chi connectivity index (χ3v) is 3.61. The molecule has 17 heavy (non-hydrogen) atoms. The van der Waals surface area contributed by atoms with E-state index in [-0.39, 0.29) is 6.04 Å². The van der Waals surface area contributed by atoms with Gasteiger partial charge >= 0.3 is 0 Å². The summed E-state index contributed by atoms with van der Waals surface area (Å²) in [7, 11) is 0. The first-order valence-corrected chi connectivity index (χ1v) is 6.35. The molecule has 1 unspecified atom stereocenters. The van der Waals surface area contributed by atoms with E-state index in [1.54, 1.807) is 23.6 Å². The van der Waals surface area contributed by atoms with Gasteiger partial charge in [-0.15, -0.1) is 11.3 Å². The molecule has 0 saturated heterocycles. The molecule has 0 aliphatic heterocycles. The fourth-order valence-electron chi connectivity index (χ4n) is 1.40. The quantitative estimate of drug-likeness (QED) is 0.897. The van der Waals surface area contributed by atoms with Gasteiger partial charge in [0.05, 0.1) is 22.9 Å². The van der Waals surface area contributed by atoms with E-state index >= 15 is 0 Å². The summed E-state index contributed by atoms with van der Waals surface area (Å²) >= 11 is 7.70. The Kier molecular flexibility index (Phi) is 3.49. The van der Waals surface area contributed by atoms with Crippen LogP contribution in [0.15, 0.2) is 18.5 Å². The summed E-state index contributed by atoms with van der Waals surface area (Å²) in [5.74, 6) is 0.626. The number of halogens is 1. The predicted molar refractivity (Wildman–Crippen MR) is 72.5 cm³/mol. The van der Waals surface area contributed by atoms with Crippen molar-refractivity contribution in [3.63, 3.8) is 0 Å². The maximum absolute atomic E-state index is 6.04. The molecule has 0 aliphatic carbocycles. The molecule has 0 spiro atoms. The average Bonchev–Trinajstić information content (AvgIpc) is 2.69. The van der Waals surface area contributed by atoms with E-state index < -0.39 is 0 Å². The van der Waals surface area contributed by atoms with Crippen LogP contribution in [0, 0.1) is 6.92 Å². The summed E-state index contributed by atoms with van der Waals surface area (Å²) in [6, 6.07) is 1.75. The second-order valence-corrected chi connectivity index (χ2v) is 5.45. The van der Waals surface area contributed by atoms with Gasteiger partial charge in [0.1, 0.15) is 10.8 Å². The minimum Gasteiger partial charge on any atom is -0.397 e. The fourth-order valence-corrected chi connectivity index (χ4v) is 2.40. The lowest BCUT2D eigenvalue weighted by Gasteiger charge is -2.13. The maximum atomic E-state index is 6.04. The lowest BCUT2D eigenvalue weighted by atomic mass is 10.3. The van der Waals surface area contributed by atoms with E-state index in [1.165, 1.54) is 4.88 Å². The van der Waals surface area contributed by atoms with E-state index in [2.05, 4.69) is 15.3 Å². The van der Waals surface area contributed by atoms with Gasteiger partial charge in [-0.25, -0.2) is 9.97 Å². The van der Waals surface area contributed by atoms with Crippen LogP contribution in [0.1, 0.15) is 22.9 Å². The first-order chi connectivity index (χ1) is 8.06. The monoisotopic (exact) mass is 268 g/mol. The summed E-state index contributed by atoms with van der Waals surface area (Å²) in [4.78, 5) is 9.66. The van der Waals surface area contributed by atoms with Crippen molar-refractivity contribution in [3.8, 4) is 0 Å². The number of nitrogens with one attached hydrogen (secondary N) is 1. The van der Waals surface area contributed by atoms with Gasteiger partial charge < -0.3 is 11.1 Å². The van der Waals surface area contributed by atoms with Crippen molar-refractivity contribution in [1.29, 1.82) is 0 Å². The number of thiazole rings is 1. The average molecular weight is 269 g/mol. The van der Waals surface area contributed by atoms with E-state index in [0.29, 0.717) is 16.5 Å². The molecule has 2 heterocycles. The minimum atomic E-state index is 0.0716. The van der Waals surface area contributed by atoms with E-state index in [1.807, 2.05) is 20.0 Å². The number of hydrogen-bond acceptors (Lipinski definition) is 5. The Morgan fingerprint density at radius 2 is 2.18 bits per heavy atom. The molecule has 90 valence electrons. The zero-order chi connectivity index (χ0) is 12.4. The van der Waals surface area contributed by atoms with E-state index in [9.17, 15) is 0 Å². The Morgan fingerprint density at radius 1 is 1.41 bits per heavy atom. The molecule has 0 amide bonds. The zero-order valence-corrected chi connectivity index (χ0v) is 11.1. The van der Waals surface area contributed by atoms with Crippen molar-refractivity contribution in [2.45, 2.75) is 19.9 Å². The van der Waals surface area contributed by atoms with Crippen molar-refractivity contribution in [1.82, 2.24) is 9.97 Å². The lowest BCUT2D eigenvalue weighted by molar-refractivity contribution is 0.861. The second kappa shape index (κ2) is 4.89. The van der Waals surface area contributed by atoms with Crippen LogP contribution in [-0.2, 0) is 0 Å². The Bertz CT molecular complexity index is 526. The number of hydrogen-bond donors (Lipinski definition) is 2. The largest absolute Gasteiger partial charge is 0.397 e. The van der Waals surface area contributed by atoms with Gasteiger partial charge in [-0.2, -0.15) is 0 Å². The highest BCUT2D eigenvalue weighted by atomic mass is 35.5. The van der Waals surface area contributed by atoms with Crippen LogP contribution in [-0.4, -0.2) is 9.97 Å². The smallest absolute Gasteiger partial charge is 0.145 e. The molecule has 3 N–H and O–H groups in total. The highest BCUT2D eigenvalue weighted by Crippen LogP contribution is 2.27. The Hall–Kier alpha value is -1.33. The molecule has 1 atom stereocenters. The van der Waals surface area contributed by atoms with E-state index in [0.717, 1.165) is 5.01 Å². The summed E-state index contributed by atoms with van der Waals surface area (Å²) in [5, 5.41) is 4.75. The number of anilines is 2. The number of aromatic nitrogens is 2. The third kappa shape index (κ3) is 2.87. The first-order valence-electron chi connectivity index (χ1n) is 5.16. The maximum Gasteiger partial charge on any atom is 0.145 e. The third-order valence-electron chi connectivity index (χ3n) is 2.23. The van der Waals surface area contributed by atoms with E-state index in [4.69, 9.17) is 17.3 Å². The molecule has 0 aromatic carbocycles. The minimum absolute atomic E-state index is 0.0716. The van der Waals surface area contributed by atoms with Gasteiger partial charge in [0.2, 0.25) is 0 Å². The van der Waals surface area contributed by atoms with Crippen LogP contribution in [0.4, 0.5) is 11.5 Å². The summed E-state index contributed by atoms with van der Waals surface area (Å²) in [6.45, 7) is 4.05. The number of nitrogens with two attached hydrogens (primary N) is 1. The molecule has 6 heteroatoms.